The number of benzene rings is 2. The first-order chi connectivity index (χ1) is 16.7. The van der Waals surface area contributed by atoms with Gasteiger partial charge in [0, 0.05) is 29.9 Å². The summed E-state index contributed by atoms with van der Waals surface area (Å²) >= 11 is 6.44. The van der Waals surface area contributed by atoms with Gasteiger partial charge >= 0.3 is 5.97 Å². The molecule has 1 aliphatic carbocycles. The molecule has 1 heterocycles. The van der Waals surface area contributed by atoms with E-state index in [2.05, 4.69) is 26.1 Å². The second-order valence-corrected chi connectivity index (χ2v) is 11.6. The number of carbonyl (C=O) groups is 2. The van der Waals surface area contributed by atoms with Gasteiger partial charge in [-0.05, 0) is 41.4 Å². The van der Waals surface area contributed by atoms with E-state index >= 15 is 0 Å². The van der Waals surface area contributed by atoms with Crippen molar-refractivity contribution in [3.8, 4) is 0 Å². The van der Waals surface area contributed by atoms with Crippen molar-refractivity contribution in [3.05, 3.63) is 70.7 Å². The zero-order chi connectivity index (χ0) is 25.2. The molecule has 2 aliphatic rings. The Morgan fingerprint density at radius 2 is 1.66 bits per heavy atom. The monoisotopic (exact) mass is 496 g/mol. The van der Waals surface area contributed by atoms with Crippen molar-refractivity contribution in [2.75, 3.05) is 0 Å². The molecule has 1 saturated heterocycles. The van der Waals surface area contributed by atoms with Crippen molar-refractivity contribution in [2.24, 2.45) is 17.3 Å². The van der Waals surface area contributed by atoms with Crippen LogP contribution in [0.1, 0.15) is 70.0 Å². The fraction of sp³-hybridized carbons (Fsp3) is 0.517. The number of halogens is 1. The fourth-order valence-corrected chi connectivity index (χ4v) is 6.40. The molecule has 2 fully saturated rings. The Balaban J connectivity index is 1.77. The summed E-state index contributed by atoms with van der Waals surface area (Å²) in [4.78, 5) is 28.4. The maximum atomic E-state index is 13.9. The Kier molecular flexibility index (Phi) is 7.87. The van der Waals surface area contributed by atoms with Gasteiger partial charge in [-0.25, -0.2) is 4.79 Å². The summed E-state index contributed by atoms with van der Waals surface area (Å²) in [6.07, 6.45) is 4.81. The predicted octanol–water partition coefficient (Wildman–Crippen LogP) is 6.08. The summed E-state index contributed by atoms with van der Waals surface area (Å²) in [6.45, 7) is 6.72. The molecule has 1 aliphatic heterocycles. The van der Waals surface area contributed by atoms with Crippen LogP contribution >= 0.6 is 11.6 Å². The lowest BCUT2D eigenvalue weighted by Gasteiger charge is -2.35. The number of amides is 1. The van der Waals surface area contributed by atoms with Crippen molar-refractivity contribution >= 4 is 23.5 Å². The zero-order valence-corrected chi connectivity index (χ0v) is 21.7. The van der Waals surface area contributed by atoms with Gasteiger partial charge in [0.15, 0.2) is 0 Å². The molecule has 35 heavy (non-hydrogen) atoms. The molecule has 2 N–H and O–H groups in total. The van der Waals surface area contributed by atoms with Gasteiger partial charge in [-0.2, -0.15) is 0 Å². The topological polar surface area (TPSA) is 69.6 Å². The molecule has 5 nitrogen and oxygen atoms in total. The predicted molar refractivity (Wildman–Crippen MR) is 139 cm³/mol. The minimum absolute atomic E-state index is 0.0468. The van der Waals surface area contributed by atoms with Crippen LogP contribution in [0.4, 0.5) is 0 Å². The molecule has 1 saturated carbocycles. The Hall–Kier alpha value is -2.37. The first-order valence-electron chi connectivity index (χ1n) is 12.7. The molecular weight excluding hydrogens is 460 g/mol. The van der Waals surface area contributed by atoms with E-state index in [9.17, 15) is 14.7 Å². The van der Waals surface area contributed by atoms with Crippen LogP contribution in [0.3, 0.4) is 0 Å². The normalized spacial score (nSPS) is 25.2. The highest BCUT2D eigenvalue weighted by molar-refractivity contribution is 6.31. The summed E-state index contributed by atoms with van der Waals surface area (Å²) in [6, 6.07) is 16.0. The van der Waals surface area contributed by atoms with Gasteiger partial charge < -0.3 is 15.3 Å². The molecule has 0 unspecified atom stereocenters. The maximum Gasteiger partial charge on any atom is 0.326 e. The number of hydrogen-bond donors (Lipinski definition) is 2. The van der Waals surface area contributed by atoms with Gasteiger partial charge in [0.05, 0.1) is 6.04 Å². The lowest BCUT2D eigenvalue weighted by Crippen LogP contribution is -2.48. The highest BCUT2D eigenvalue weighted by atomic mass is 35.5. The second kappa shape index (κ2) is 10.7. The van der Waals surface area contributed by atoms with E-state index in [4.69, 9.17) is 11.6 Å². The highest BCUT2D eigenvalue weighted by Crippen LogP contribution is 2.49. The van der Waals surface area contributed by atoms with E-state index in [0.717, 1.165) is 36.8 Å². The molecule has 0 bridgehead atoms. The molecule has 0 aromatic heterocycles. The number of nitrogens with zero attached hydrogens (tertiary/aromatic N) is 1. The molecule has 4 rings (SSSR count). The quantitative estimate of drug-likeness (QED) is 0.487. The van der Waals surface area contributed by atoms with Gasteiger partial charge in [-0.15, -0.1) is 0 Å². The number of likely N-dealkylation sites (tertiary alicyclic amines) is 1. The molecule has 6 heteroatoms. The summed E-state index contributed by atoms with van der Waals surface area (Å²) in [5.74, 6) is -0.932. The van der Waals surface area contributed by atoms with E-state index in [1.54, 1.807) is 4.90 Å². The number of carbonyl (C=O) groups excluding carboxylic acids is 1. The molecule has 4 atom stereocenters. The van der Waals surface area contributed by atoms with Crippen LogP contribution < -0.4 is 5.32 Å². The van der Waals surface area contributed by atoms with Crippen LogP contribution in [0.2, 0.25) is 5.02 Å². The lowest BCUT2D eigenvalue weighted by atomic mass is 9.72. The average Bonchev–Trinajstić information content (AvgIpc) is 3.44. The number of carboxylic acids is 1. The summed E-state index contributed by atoms with van der Waals surface area (Å²) in [5.41, 5.74) is 1.56. The molecule has 0 spiro atoms. The van der Waals surface area contributed by atoms with Crippen molar-refractivity contribution in [2.45, 2.75) is 77.5 Å². The Morgan fingerprint density at radius 3 is 2.26 bits per heavy atom. The summed E-state index contributed by atoms with van der Waals surface area (Å²) in [5, 5.41) is 14.8. The van der Waals surface area contributed by atoms with Crippen molar-refractivity contribution < 1.29 is 14.7 Å². The molecular formula is C29H37ClN2O3. The number of rotatable bonds is 7. The number of aliphatic carboxylic acids is 1. The van der Waals surface area contributed by atoms with Gasteiger partial charge in [-0.1, -0.05) is 93.7 Å². The molecule has 188 valence electrons. The third-order valence-corrected chi connectivity index (χ3v) is 8.14. The van der Waals surface area contributed by atoms with Crippen molar-refractivity contribution in [1.29, 1.82) is 0 Å². The van der Waals surface area contributed by atoms with Crippen LogP contribution in [0.15, 0.2) is 54.6 Å². The first kappa shape index (κ1) is 25.7. The van der Waals surface area contributed by atoms with Gasteiger partial charge in [0.2, 0.25) is 5.91 Å². The lowest BCUT2D eigenvalue weighted by molar-refractivity contribution is -0.152. The van der Waals surface area contributed by atoms with Gasteiger partial charge in [0.25, 0.3) is 0 Å². The van der Waals surface area contributed by atoms with Crippen molar-refractivity contribution in [1.82, 2.24) is 10.2 Å². The fourth-order valence-electron chi connectivity index (χ4n) is 6.20. The third-order valence-electron chi connectivity index (χ3n) is 7.77. The van der Waals surface area contributed by atoms with Crippen LogP contribution in [-0.2, 0) is 16.1 Å². The Labute approximate surface area is 213 Å². The van der Waals surface area contributed by atoms with Crippen LogP contribution in [0, 0.1) is 17.3 Å². The number of hydrogen-bond acceptors (Lipinski definition) is 3. The standard InChI is InChI=1S/C29H37ClN2O3/c1-29(2,3)24-25(31-18-21-15-9-10-16-22(21)30)26(20-13-5-4-6-14-20)32(27(24)28(34)35)23(33)17-19-11-7-8-12-19/h4-6,9-10,13-16,19,24-27,31H,7-8,11-12,17-18H2,1-3H3,(H,34,35)/t24-,25-,26-,27-/m1/s1. The second-order valence-electron chi connectivity index (χ2n) is 11.2. The largest absolute Gasteiger partial charge is 0.480 e. The van der Waals surface area contributed by atoms with Crippen molar-refractivity contribution in [3.63, 3.8) is 0 Å². The minimum atomic E-state index is -0.937. The van der Waals surface area contributed by atoms with Crippen LogP contribution in [0.5, 0.6) is 0 Å². The summed E-state index contributed by atoms with van der Waals surface area (Å²) in [7, 11) is 0. The van der Waals surface area contributed by atoms with E-state index in [1.165, 1.54) is 0 Å². The Bertz CT molecular complexity index is 1030. The molecule has 2 aromatic rings. The first-order valence-corrected chi connectivity index (χ1v) is 13.1. The molecule has 2 aromatic carbocycles. The number of carboxylic acid groups (broad SMARTS) is 1. The molecule has 1 amide bonds. The highest BCUT2D eigenvalue weighted by Gasteiger charge is 2.57. The molecule has 0 radical (unpaired) electrons. The van der Waals surface area contributed by atoms with Gasteiger partial charge in [0.1, 0.15) is 6.04 Å². The van der Waals surface area contributed by atoms with E-state index in [-0.39, 0.29) is 29.3 Å². The van der Waals surface area contributed by atoms with Gasteiger partial charge in [-0.3, -0.25) is 4.79 Å². The SMILES string of the molecule is CC(C)(C)[C@@H]1[C@@H](NCc2ccccc2Cl)[C@@H](c2ccccc2)N(C(=O)CC2CCCC2)[C@H]1C(=O)O. The summed E-state index contributed by atoms with van der Waals surface area (Å²) < 4.78 is 0. The smallest absolute Gasteiger partial charge is 0.326 e. The zero-order valence-electron chi connectivity index (χ0n) is 20.9. The average molecular weight is 497 g/mol. The van der Waals surface area contributed by atoms with Crippen LogP contribution in [0.25, 0.3) is 0 Å². The van der Waals surface area contributed by atoms with E-state index in [1.807, 2.05) is 54.6 Å². The van der Waals surface area contributed by atoms with E-state index < -0.39 is 12.0 Å². The number of nitrogens with one attached hydrogen (secondary N) is 1. The minimum Gasteiger partial charge on any atom is -0.480 e. The van der Waals surface area contributed by atoms with Crippen LogP contribution in [-0.4, -0.2) is 34.0 Å². The van der Waals surface area contributed by atoms with E-state index in [0.29, 0.717) is 23.9 Å². The Morgan fingerprint density at radius 1 is 1.03 bits per heavy atom. The third kappa shape index (κ3) is 5.57. The maximum absolute atomic E-state index is 13.9.